The summed E-state index contributed by atoms with van der Waals surface area (Å²) in [6, 6.07) is 16.1. The lowest BCUT2D eigenvalue weighted by Gasteiger charge is -2.46. The van der Waals surface area contributed by atoms with Gasteiger partial charge in [-0.25, -0.2) is 0 Å². The van der Waals surface area contributed by atoms with Gasteiger partial charge in [-0.1, -0.05) is 64.1 Å². The summed E-state index contributed by atoms with van der Waals surface area (Å²) in [6.07, 6.45) is 1.78. The van der Waals surface area contributed by atoms with E-state index in [0.29, 0.717) is 17.6 Å². The number of fused-ring (bicyclic) bond motifs is 1. The van der Waals surface area contributed by atoms with Crippen molar-refractivity contribution >= 4 is 5.91 Å². The van der Waals surface area contributed by atoms with Gasteiger partial charge in [0.2, 0.25) is 5.91 Å². The summed E-state index contributed by atoms with van der Waals surface area (Å²) < 4.78 is 0. The number of amides is 1. The van der Waals surface area contributed by atoms with E-state index in [4.69, 9.17) is 0 Å². The van der Waals surface area contributed by atoms with Crippen LogP contribution in [0.1, 0.15) is 50.8 Å². The molecule has 4 atom stereocenters. The minimum atomic E-state index is -0.171. The Labute approximate surface area is 198 Å². The highest BCUT2D eigenvalue weighted by molar-refractivity contribution is 5.82. The fourth-order valence-electron chi connectivity index (χ4n) is 5.40. The summed E-state index contributed by atoms with van der Waals surface area (Å²) in [5.41, 5.74) is 3.82. The molecule has 0 bridgehead atoms. The number of likely N-dealkylation sites (tertiary alicyclic amines) is 1. The van der Waals surface area contributed by atoms with E-state index in [1.807, 2.05) is 12.1 Å². The van der Waals surface area contributed by atoms with E-state index >= 15 is 0 Å². The van der Waals surface area contributed by atoms with Crippen molar-refractivity contribution in [2.75, 3.05) is 19.6 Å². The summed E-state index contributed by atoms with van der Waals surface area (Å²) in [6.45, 7) is 12.6. The maximum absolute atomic E-state index is 13.1. The van der Waals surface area contributed by atoms with E-state index in [9.17, 15) is 9.90 Å². The maximum Gasteiger partial charge on any atom is 0.237 e. The predicted molar refractivity (Wildman–Crippen MR) is 133 cm³/mol. The fraction of sp³-hybridized carbons (Fsp3) is 0.536. The van der Waals surface area contributed by atoms with Crippen LogP contribution >= 0.6 is 0 Å². The molecule has 1 saturated heterocycles. The van der Waals surface area contributed by atoms with Gasteiger partial charge in [0, 0.05) is 25.7 Å². The van der Waals surface area contributed by atoms with Gasteiger partial charge in [0.05, 0.1) is 6.04 Å². The van der Waals surface area contributed by atoms with Crippen molar-refractivity contribution in [3.8, 4) is 5.75 Å². The van der Waals surface area contributed by atoms with Crippen molar-refractivity contribution in [3.05, 3.63) is 65.2 Å². The molecule has 3 N–H and O–H groups in total. The first-order valence-electron chi connectivity index (χ1n) is 12.4. The third kappa shape index (κ3) is 5.25. The van der Waals surface area contributed by atoms with Gasteiger partial charge in [0.1, 0.15) is 5.75 Å². The minimum absolute atomic E-state index is 0.0468. The van der Waals surface area contributed by atoms with Crippen LogP contribution in [0.4, 0.5) is 0 Å². The Morgan fingerprint density at radius 1 is 1.21 bits per heavy atom. The number of phenolic OH excluding ortho intramolecular Hbond substituents is 1. The Morgan fingerprint density at radius 3 is 2.67 bits per heavy atom. The normalized spacial score (nSPS) is 26.6. The van der Waals surface area contributed by atoms with Gasteiger partial charge in [-0.2, -0.15) is 0 Å². The van der Waals surface area contributed by atoms with Crippen molar-refractivity contribution in [2.45, 2.75) is 64.6 Å². The molecule has 4 unspecified atom stereocenters. The van der Waals surface area contributed by atoms with Crippen LogP contribution in [-0.2, 0) is 23.2 Å². The summed E-state index contributed by atoms with van der Waals surface area (Å²) in [4.78, 5) is 15.6. The Balaban J connectivity index is 1.36. The smallest absolute Gasteiger partial charge is 0.237 e. The van der Waals surface area contributed by atoms with E-state index in [1.54, 1.807) is 6.07 Å². The summed E-state index contributed by atoms with van der Waals surface area (Å²) in [7, 11) is 0. The Morgan fingerprint density at radius 2 is 1.97 bits per heavy atom. The highest BCUT2D eigenvalue weighted by Gasteiger charge is 2.39. The summed E-state index contributed by atoms with van der Waals surface area (Å²) >= 11 is 0. The molecule has 0 radical (unpaired) electrons. The van der Waals surface area contributed by atoms with Gasteiger partial charge < -0.3 is 20.6 Å². The number of benzene rings is 2. The van der Waals surface area contributed by atoms with Crippen molar-refractivity contribution in [2.24, 2.45) is 11.8 Å². The molecule has 5 heteroatoms. The number of phenols is 1. The minimum Gasteiger partial charge on any atom is -0.508 e. The van der Waals surface area contributed by atoms with Gasteiger partial charge in [-0.3, -0.25) is 4.79 Å². The van der Waals surface area contributed by atoms with Crippen LogP contribution < -0.4 is 10.6 Å². The average molecular weight is 450 g/mol. The second-order valence-corrected chi connectivity index (χ2v) is 10.6. The third-order valence-electron chi connectivity index (χ3n) is 8.06. The summed E-state index contributed by atoms with van der Waals surface area (Å²) in [5.74, 6) is 1.26. The molecule has 2 heterocycles. The van der Waals surface area contributed by atoms with Crippen molar-refractivity contribution in [3.63, 3.8) is 0 Å². The molecule has 2 aromatic rings. The molecule has 0 saturated carbocycles. The number of nitrogens with one attached hydrogen (secondary N) is 2. The molecular weight excluding hydrogens is 410 g/mol. The zero-order valence-electron chi connectivity index (χ0n) is 20.5. The molecule has 2 aliphatic rings. The molecule has 178 valence electrons. The third-order valence-corrected chi connectivity index (χ3v) is 8.06. The van der Waals surface area contributed by atoms with E-state index in [1.165, 1.54) is 16.7 Å². The Kier molecular flexibility index (Phi) is 7.10. The number of aromatic hydroxyl groups is 1. The number of hydrogen-bond acceptors (Lipinski definition) is 4. The van der Waals surface area contributed by atoms with Gasteiger partial charge in [-0.05, 0) is 65.5 Å². The lowest BCUT2D eigenvalue weighted by Crippen LogP contribution is -2.56. The zero-order chi connectivity index (χ0) is 23.6. The highest BCUT2D eigenvalue weighted by Crippen LogP contribution is 2.40. The topological polar surface area (TPSA) is 64.6 Å². The van der Waals surface area contributed by atoms with Crippen LogP contribution in [0.5, 0.6) is 5.75 Å². The quantitative estimate of drug-likeness (QED) is 0.627. The zero-order valence-corrected chi connectivity index (χ0v) is 20.5. The van der Waals surface area contributed by atoms with E-state index in [2.05, 4.69) is 73.6 Å². The second kappa shape index (κ2) is 9.86. The highest BCUT2D eigenvalue weighted by atomic mass is 16.3. The number of carbonyl (C=O) groups is 1. The molecule has 5 nitrogen and oxygen atoms in total. The van der Waals surface area contributed by atoms with Crippen molar-refractivity contribution < 1.29 is 9.90 Å². The standard InChI is InChI=1S/C28H39N3O2/c1-19(2)26(30-27(33)25-14-21-8-5-6-9-22(21)16-29-25)18-31-13-12-28(4,20(3)17-31)23-10-7-11-24(32)15-23/h5-11,15,19-20,25-26,29,32H,12-14,16-18H2,1-4H3,(H,30,33). The molecule has 0 aliphatic carbocycles. The molecule has 2 aliphatic heterocycles. The first-order chi connectivity index (χ1) is 15.8. The van der Waals surface area contributed by atoms with Gasteiger partial charge in [0.25, 0.3) is 0 Å². The molecule has 0 aromatic heterocycles. The van der Waals surface area contributed by atoms with Crippen LogP contribution in [0.3, 0.4) is 0 Å². The average Bonchev–Trinajstić information content (AvgIpc) is 2.80. The predicted octanol–water partition coefficient (Wildman–Crippen LogP) is 3.85. The maximum atomic E-state index is 13.1. The molecule has 33 heavy (non-hydrogen) atoms. The number of piperidine rings is 1. The number of hydrogen-bond donors (Lipinski definition) is 3. The van der Waals surface area contributed by atoms with Crippen LogP contribution in [-0.4, -0.2) is 47.6 Å². The fourth-order valence-corrected chi connectivity index (χ4v) is 5.40. The number of nitrogens with zero attached hydrogens (tertiary/aromatic N) is 1. The lowest BCUT2D eigenvalue weighted by atomic mass is 9.68. The van der Waals surface area contributed by atoms with Gasteiger partial charge in [0.15, 0.2) is 0 Å². The molecule has 2 aromatic carbocycles. The van der Waals surface area contributed by atoms with Crippen LogP contribution in [0, 0.1) is 11.8 Å². The van der Waals surface area contributed by atoms with E-state index in [0.717, 1.165) is 39.0 Å². The number of carbonyl (C=O) groups excluding carboxylic acids is 1. The molecule has 0 spiro atoms. The van der Waals surface area contributed by atoms with Crippen LogP contribution in [0.2, 0.25) is 0 Å². The van der Waals surface area contributed by atoms with Crippen LogP contribution in [0.25, 0.3) is 0 Å². The van der Waals surface area contributed by atoms with Crippen LogP contribution in [0.15, 0.2) is 48.5 Å². The SMILES string of the molecule is CC(C)C(CN1CCC(C)(c2cccc(O)c2)C(C)C1)NC(=O)C1Cc2ccccc2CN1. The molecule has 1 fully saturated rings. The first kappa shape index (κ1) is 23.8. The first-order valence-corrected chi connectivity index (χ1v) is 12.4. The van der Waals surface area contributed by atoms with E-state index in [-0.39, 0.29) is 23.4 Å². The molecule has 1 amide bonds. The summed E-state index contributed by atoms with van der Waals surface area (Å²) in [5, 5.41) is 16.7. The number of rotatable bonds is 6. The molecule has 4 rings (SSSR count). The molecular formula is C28H39N3O2. The monoisotopic (exact) mass is 449 g/mol. The Hall–Kier alpha value is -2.37. The lowest BCUT2D eigenvalue weighted by molar-refractivity contribution is -0.124. The Bertz CT molecular complexity index is 975. The largest absolute Gasteiger partial charge is 0.508 e. The van der Waals surface area contributed by atoms with Crippen molar-refractivity contribution in [1.29, 1.82) is 0 Å². The second-order valence-electron chi connectivity index (χ2n) is 10.6. The van der Waals surface area contributed by atoms with Gasteiger partial charge in [-0.15, -0.1) is 0 Å². The van der Waals surface area contributed by atoms with E-state index < -0.39 is 0 Å². The van der Waals surface area contributed by atoms with Gasteiger partial charge >= 0.3 is 0 Å². The van der Waals surface area contributed by atoms with Crippen molar-refractivity contribution in [1.82, 2.24) is 15.5 Å².